The summed E-state index contributed by atoms with van der Waals surface area (Å²) < 4.78 is 4.99. The first-order valence-corrected chi connectivity index (χ1v) is 8.06. The average molecular weight is 342 g/mol. The van der Waals surface area contributed by atoms with Gasteiger partial charge >= 0.3 is 5.97 Å². The van der Waals surface area contributed by atoms with E-state index in [9.17, 15) is 14.4 Å². The van der Waals surface area contributed by atoms with Crippen molar-refractivity contribution < 1.29 is 19.1 Å². The molecule has 0 spiro atoms. The van der Waals surface area contributed by atoms with Crippen LogP contribution in [0.5, 0.6) is 0 Å². The maximum absolute atomic E-state index is 12.7. The van der Waals surface area contributed by atoms with Crippen LogP contribution in [0.1, 0.15) is 49.4 Å². The van der Waals surface area contributed by atoms with Crippen molar-refractivity contribution in [2.24, 2.45) is 0 Å². The minimum absolute atomic E-state index is 0.0739. The summed E-state index contributed by atoms with van der Waals surface area (Å²) in [6.45, 7) is 5.33. The van der Waals surface area contributed by atoms with Crippen LogP contribution in [0.25, 0.3) is 0 Å². The number of likely N-dealkylation sites (N-methyl/N-ethyl adjacent to an activating group) is 1. The predicted molar refractivity (Wildman–Crippen MR) is 94.0 cm³/mol. The summed E-state index contributed by atoms with van der Waals surface area (Å²) in [4.78, 5) is 41.3. The third-order valence-electron chi connectivity index (χ3n) is 3.94. The lowest BCUT2D eigenvalue weighted by Crippen LogP contribution is -2.32. The van der Waals surface area contributed by atoms with Gasteiger partial charge in [0.2, 0.25) is 0 Å². The zero-order chi connectivity index (χ0) is 18.6. The van der Waals surface area contributed by atoms with Crippen molar-refractivity contribution >= 4 is 17.7 Å². The maximum Gasteiger partial charge on any atom is 0.355 e. The Hall–Kier alpha value is -2.89. The van der Waals surface area contributed by atoms with Crippen LogP contribution in [-0.4, -0.2) is 47.7 Å². The van der Waals surface area contributed by atoms with Gasteiger partial charge in [0.25, 0.3) is 5.91 Å². The van der Waals surface area contributed by atoms with Crippen LogP contribution in [0.15, 0.2) is 30.3 Å². The number of carbonyl (C=O) groups excluding carboxylic acids is 3. The van der Waals surface area contributed by atoms with E-state index in [4.69, 9.17) is 4.74 Å². The zero-order valence-electron chi connectivity index (χ0n) is 14.9. The first-order chi connectivity index (χ1) is 11.9. The maximum atomic E-state index is 12.7. The molecule has 0 saturated heterocycles. The van der Waals surface area contributed by atoms with E-state index in [1.165, 1.54) is 4.90 Å². The standard InChI is InChI=1S/C19H22N2O4/c1-5-25-19(24)17-12(2)16(13(3)20-17)15(22)11-21(4)18(23)14-9-7-6-8-10-14/h6-10,20H,5,11H2,1-4H3. The van der Waals surface area contributed by atoms with Gasteiger partial charge < -0.3 is 14.6 Å². The monoisotopic (exact) mass is 342 g/mol. The van der Waals surface area contributed by atoms with Crippen LogP contribution >= 0.6 is 0 Å². The number of carbonyl (C=O) groups is 3. The molecule has 0 aliphatic rings. The molecular formula is C19H22N2O4. The highest BCUT2D eigenvalue weighted by atomic mass is 16.5. The third-order valence-corrected chi connectivity index (χ3v) is 3.94. The summed E-state index contributed by atoms with van der Waals surface area (Å²) >= 11 is 0. The summed E-state index contributed by atoms with van der Waals surface area (Å²) in [5, 5.41) is 0. The van der Waals surface area contributed by atoms with E-state index in [0.29, 0.717) is 22.4 Å². The van der Waals surface area contributed by atoms with Crippen LogP contribution in [0.4, 0.5) is 0 Å². The first-order valence-electron chi connectivity index (χ1n) is 8.06. The number of benzene rings is 1. The van der Waals surface area contributed by atoms with Crippen molar-refractivity contribution in [3.05, 3.63) is 58.4 Å². The molecule has 0 fully saturated rings. The van der Waals surface area contributed by atoms with Crippen molar-refractivity contribution in [3.63, 3.8) is 0 Å². The second-order valence-electron chi connectivity index (χ2n) is 5.80. The van der Waals surface area contributed by atoms with Crippen LogP contribution in [0.2, 0.25) is 0 Å². The Morgan fingerprint density at radius 1 is 1.12 bits per heavy atom. The molecule has 1 amide bonds. The topological polar surface area (TPSA) is 79.5 Å². The molecule has 6 nitrogen and oxygen atoms in total. The molecule has 0 aliphatic heterocycles. The van der Waals surface area contributed by atoms with Crippen molar-refractivity contribution in [3.8, 4) is 0 Å². The number of esters is 1. The van der Waals surface area contributed by atoms with Gasteiger partial charge in [-0.15, -0.1) is 0 Å². The van der Waals surface area contributed by atoms with E-state index < -0.39 is 5.97 Å². The molecule has 2 aromatic rings. The minimum Gasteiger partial charge on any atom is -0.461 e. The number of hydrogen-bond acceptors (Lipinski definition) is 4. The number of ether oxygens (including phenoxy) is 1. The van der Waals surface area contributed by atoms with Crippen molar-refractivity contribution in [1.29, 1.82) is 0 Å². The Bertz CT molecular complexity index is 793. The number of Topliss-reactive ketones (excluding diaryl/α,β-unsaturated/α-hetero) is 1. The summed E-state index contributed by atoms with van der Waals surface area (Å²) in [5.41, 5.74) is 2.36. The van der Waals surface area contributed by atoms with E-state index in [-0.39, 0.29) is 30.5 Å². The number of hydrogen-bond donors (Lipinski definition) is 1. The van der Waals surface area contributed by atoms with E-state index in [1.54, 1.807) is 52.1 Å². The van der Waals surface area contributed by atoms with Gasteiger partial charge in [-0.05, 0) is 38.5 Å². The Balaban J connectivity index is 2.18. The highest BCUT2D eigenvalue weighted by Gasteiger charge is 2.24. The fourth-order valence-corrected chi connectivity index (χ4v) is 2.74. The molecular weight excluding hydrogens is 320 g/mol. The van der Waals surface area contributed by atoms with Crippen molar-refractivity contribution in [1.82, 2.24) is 9.88 Å². The summed E-state index contributed by atoms with van der Waals surface area (Å²) in [7, 11) is 1.58. The molecule has 25 heavy (non-hydrogen) atoms. The first kappa shape index (κ1) is 18.4. The molecule has 132 valence electrons. The van der Waals surface area contributed by atoms with E-state index in [0.717, 1.165) is 0 Å². The largest absolute Gasteiger partial charge is 0.461 e. The number of ketones is 1. The summed E-state index contributed by atoms with van der Waals surface area (Å²) in [6, 6.07) is 8.78. The highest BCUT2D eigenvalue weighted by Crippen LogP contribution is 2.20. The molecule has 0 atom stereocenters. The number of aromatic nitrogens is 1. The smallest absolute Gasteiger partial charge is 0.355 e. The molecule has 6 heteroatoms. The van der Waals surface area contributed by atoms with E-state index >= 15 is 0 Å². The molecule has 0 saturated carbocycles. The minimum atomic E-state index is -0.490. The molecule has 0 unspecified atom stereocenters. The number of aromatic amines is 1. The molecule has 0 aliphatic carbocycles. The number of rotatable bonds is 6. The van der Waals surface area contributed by atoms with Gasteiger partial charge in [0.05, 0.1) is 13.2 Å². The van der Waals surface area contributed by atoms with Gasteiger partial charge in [0.15, 0.2) is 5.78 Å². The van der Waals surface area contributed by atoms with Crippen LogP contribution < -0.4 is 0 Å². The quantitative estimate of drug-likeness (QED) is 0.647. The van der Waals surface area contributed by atoms with Gasteiger partial charge in [-0.25, -0.2) is 4.79 Å². The fourth-order valence-electron chi connectivity index (χ4n) is 2.74. The molecule has 1 aromatic carbocycles. The molecule has 1 aromatic heterocycles. The summed E-state index contributed by atoms with van der Waals surface area (Å²) in [6.07, 6.45) is 0. The Kier molecular flexibility index (Phi) is 5.75. The number of H-pyrrole nitrogens is 1. The molecule has 1 N–H and O–H groups in total. The number of aryl methyl sites for hydroxylation is 1. The molecule has 0 radical (unpaired) electrons. The van der Waals surface area contributed by atoms with Crippen LogP contribution in [0.3, 0.4) is 0 Å². The Morgan fingerprint density at radius 3 is 2.36 bits per heavy atom. The summed E-state index contributed by atoms with van der Waals surface area (Å²) in [5.74, 6) is -0.949. The van der Waals surface area contributed by atoms with Crippen LogP contribution in [0, 0.1) is 13.8 Å². The van der Waals surface area contributed by atoms with Gasteiger partial charge in [0.1, 0.15) is 5.69 Å². The zero-order valence-corrected chi connectivity index (χ0v) is 14.9. The molecule has 1 heterocycles. The second-order valence-corrected chi connectivity index (χ2v) is 5.80. The Labute approximate surface area is 146 Å². The SMILES string of the molecule is CCOC(=O)c1[nH]c(C)c(C(=O)CN(C)C(=O)c2ccccc2)c1C. The van der Waals surface area contributed by atoms with Gasteiger partial charge in [-0.3, -0.25) is 9.59 Å². The third kappa shape index (κ3) is 3.96. The lowest BCUT2D eigenvalue weighted by molar-refractivity contribution is 0.0519. The highest BCUT2D eigenvalue weighted by molar-refractivity contribution is 6.05. The van der Waals surface area contributed by atoms with Gasteiger partial charge in [-0.1, -0.05) is 18.2 Å². The van der Waals surface area contributed by atoms with E-state index in [2.05, 4.69) is 4.98 Å². The van der Waals surface area contributed by atoms with Crippen molar-refractivity contribution in [2.45, 2.75) is 20.8 Å². The normalized spacial score (nSPS) is 10.4. The molecule has 0 bridgehead atoms. The molecule has 2 rings (SSSR count). The fraction of sp³-hybridized carbons (Fsp3) is 0.316. The Morgan fingerprint density at radius 2 is 1.76 bits per heavy atom. The number of nitrogens with one attached hydrogen (secondary N) is 1. The van der Waals surface area contributed by atoms with Gasteiger partial charge in [0, 0.05) is 23.9 Å². The van der Waals surface area contributed by atoms with Gasteiger partial charge in [-0.2, -0.15) is 0 Å². The van der Waals surface area contributed by atoms with Crippen molar-refractivity contribution in [2.75, 3.05) is 20.2 Å². The second kappa shape index (κ2) is 7.79. The lowest BCUT2D eigenvalue weighted by atomic mass is 10.0. The number of nitrogens with zero attached hydrogens (tertiary/aromatic N) is 1. The van der Waals surface area contributed by atoms with E-state index in [1.807, 2.05) is 6.07 Å². The predicted octanol–water partition coefficient (Wildman–Crippen LogP) is 2.76. The lowest BCUT2D eigenvalue weighted by Gasteiger charge is -2.16. The average Bonchev–Trinajstić information content (AvgIpc) is 2.89. The number of amides is 1. The van der Waals surface area contributed by atoms with Crippen LogP contribution in [-0.2, 0) is 4.74 Å².